The van der Waals surface area contributed by atoms with Crippen LogP contribution in [0.25, 0.3) is 0 Å². The van der Waals surface area contributed by atoms with Gasteiger partial charge in [0.25, 0.3) is 0 Å². The van der Waals surface area contributed by atoms with E-state index in [1.807, 2.05) is 0 Å². The maximum Gasteiger partial charge on any atom is 0.306 e. The minimum Gasteiger partial charge on any atom is -0.462 e. The van der Waals surface area contributed by atoms with Crippen molar-refractivity contribution in [1.82, 2.24) is 0 Å². The van der Waals surface area contributed by atoms with Crippen molar-refractivity contribution >= 4 is 35.5 Å². The van der Waals surface area contributed by atoms with Crippen LogP contribution in [0.1, 0.15) is 35.1 Å². The van der Waals surface area contributed by atoms with Crippen molar-refractivity contribution in [1.29, 1.82) is 0 Å². The highest BCUT2D eigenvalue weighted by atomic mass is 32.2. The smallest absolute Gasteiger partial charge is 0.306 e. The Labute approximate surface area is 200 Å². The first-order valence-corrected chi connectivity index (χ1v) is 13.4. The van der Waals surface area contributed by atoms with Crippen molar-refractivity contribution in [3.63, 3.8) is 0 Å². The highest BCUT2D eigenvalue weighted by Crippen LogP contribution is 2.11. The van der Waals surface area contributed by atoms with E-state index in [-0.39, 0.29) is 25.2 Å². The molecule has 0 atom stereocenters. The quantitative estimate of drug-likeness (QED) is 0.254. The van der Waals surface area contributed by atoms with Gasteiger partial charge in [-0.25, -0.2) is 0 Å². The Bertz CT molecular complexity index is 734. The maximum atomic E-state index is 11.8. The predicted octanol–water partition coefficient (Wildman–Crippen LogP) is 5.42. The summed E-state index contributed by atoms with van der Waals surface area (Å²) in [6.45, 7) is 4.41. The fraction of sp³-hybridized carbons (Fsp3) is 0.462. The van der Waals surface area contributed by atoms with Crippen molar-refractivity contribution in [2.45, 2.75) is 39.5 Å². The zero-order valence-electron chi connectivity index (χ0n) is 19.1. The Balaban J connectivity index is 1.39. The van der Waals surface area contributed by atoms with E-state index in [1.54, 1.807) is 23.5 Å². The summed E-state index contributed by atoms with van der Waals surface area (Å²) in [5.41, 5.74) is 5.17. The number of esters is 2. The summed E-state index contributed by atoms with van der Waals surface area (Å²) in [6.07, 6.45) is 2.76. The van der Waals surface area contributed by atoms with Gasteiger partial charge in [0.15, 0.2) is 0 Å². The van der Waals surface area contributed by atoms with E-state index < -0.39 is 0 Å². The first-order chi connectivity index (χ1) is 15.5. The third-order valence-electron chi connectivity index (χ3n) is 4.82. The van der Waals surface area contributed by atoms with Gasteiger partial charge in [0.2, 0.25) is 0 Å². The topological polar surface area (TPSA) is 52.6 Å². The standard InChI is InChI=1S/C26H34O4S2/c1-21-3-7-23(8-4-21)11-17-31-19-13-25(27)29-15-16-30-26(28)14-20-32-18-12-24-9-5-22(2)6-10-24/h3-10H,11-20H2,1-2H3. The lowest BCUT2D eigenvalue weighted by molar-refractivity contribution is -0.151. The molecule has 0 aliphatic rings. The lowest BCUT2D eigenvalue weighted by Gasteiger charge is -2.07. The van der Waals surface area contributed by atoms with Crippen molar-refractivity contribution in [3.8, 4) is 0 Å². The monoisotopic (exact) mass is 474 g/mol. The number of ether oxygens (including phenoxy) is 2. The van der Waals surface area contributed by atoms with Crippen molar-refractivity contribution < 1.29 is 19.1 Å². The highest BCUT2D eigenvalue weighted by Gasteiger charge is 2.06. The van der Waals surface area contributed by atoms with Crippen LogP contribution in [-0.2, 0) is 31.9 Å². The van der Waals surface area contributed by atoms with Crippen LogP contribution in [0.3, 0.4) is 0 Å². The largest absolute Gasteiger partial charge is 0.462 e. The molecule has 0 aromatic heterocycles. The minimum atomic E-state index is -0.240. The van der Waals surface area contributed by atoms with Crippen LogP contribution >= 0.6 is 23.5 Å². The van der Waals surface area contributed by atoms with Gasteiger partial charge in [-0.15, -0.1) is 0 Å². The Hall–Kier alpha value is -1.92. The fourth-order valence-electron chi connectivity index (χ4n) is 2.86. The SMILES string of the molecule is Cc1ccc(CCSCCC(=O)OCCOC(=O)CCSCCc2ccc(C)cc2)cc1. The van der Waals surface area contributed by atoms with Crippen molar-refractivity contribution in [2.24, 2.45) is 0 Å². The normalized spacial score (nSPS) is 10.7. The maximum absolute atomic E-state index is 11.8. The molecule has 0 aliphatic heterocycles. The Morgan fingerprint density at radius 3 is 1.38 bits per heavy atom. The van der Waals surface area contributed by atoms with Crippen LogP contribution in [0, 0.1) is 13.8 Å². The molecule has 2 rings (SSSR count). The number of rotatable bonds is 15. The van der Waals surface area contributed by atoms with Gasteiger partial charge in [-0.3, -0.25) is 9.59 Å². The van der Waals surface area contributed by atoms with Crippen LogP contribution in [0.5, 0.6) is 0 Å². The number of hydrogen-bond donors (Lipinski definition) is 0. The second-order valence-corrected chi connectivity index (χ2v) is 10.1. The molecular weight excluding hydrogens is 440 g/mol. The Morgan fingerprint density at radius 1 is 0.625 bits per heavy atom. The molecule has 0 amide bonds. The summed E-state index contributed by atoms with van der Waals surface area (Å²) >= 11 is 3.50. The van der Waals surface area contributed by atoms with Crippen molar-refractivity contribution in [2.75, 3.05) is 36.2 Å². The average Bonchev–Trinajstić information content (AvgIpc) is 2.79. The summed E-state index contributed by atoms with van der Waals surface area (Å²) < 4.78 is 10.3. The van der Waals surface area contributed by atoms with Gasteiger partial charge in [-0.1, -0.05) is 59.7 Å². The van der Waals surface area contributed by atoms with Crippen LogP contribution < -0.4 is 0 Å². The Kier molecular flexibility index (Phi) is 13.0. The molecule has 0 N–H and O–H groups in total. The Morgan fingerprint density at radius 2 is 1.00 bits per heavy atom. The third-order valence-corrected chi connectivity index (χ3v) is 6.79. The number of carbonyl (C=O) groups excluding carboxylic acids is 2. The van der Waals surface area contributed by atoms with Gasteiger partial charge in [-0.2, -0.15) is 23.5 Å². The average molecular weight is 475 g/mol. The lowest BCUT2D eigenvalue weighted by Crippen LogP contribution is -2.14. The van der Waals surface area contributed by atoms with E-state index >= 15 is 0 Å². The van der Waals surface area contributed by atoms with Crippen LogP contribution in [0.2, 0.25) is 0 Å². The van der Waals surface area contributed by atoms with Gasteiger partial charge in [0.05, 0.1) is 12.8 Å². The predicted molar refractivity (Wildman–Crippen MR) is 136 cm³/mol. The van der Waals surface area contributed by atoms with Crippen molar-refractivity contribution in [3.05, 3.63) is 70.8 Å². The van der Waals surface area contributed by atoms with E-state index in [1.165, 1.54) is 22.3 Å². The molecule has 6 heteroatoms. The van der Waals surface area contributed by atoms with E-state index in [4.69, 9.17) is 9.47 Å². The second kappa shape index (κ2) is 15.8. The molecule has 2 aromatic carbocycles. The number of benzene rings is 2. The van der Waals surface area contributed by atoms with E-state index in [9.17, 15) is 9.59 Å². The summed E-state index contributed by atoms with van der Waals surface area (Å²) in [4.78, 5) is 23.5. The van der Waals surface area contributed by atoms with Gasteiger partial charge in [-0.05, 0) is 49.3 Å². The van der Waals surface area contributed by atoms with Gasteiger partial charge in [0.1, 0.15) is 13.2 Å². The first kappa shape index (κ1) is 26.3. The molecule has 0 saturated carbocycles. The van der Waals surface area contributed by atoms with E-state index in [2.05, 4.69) is 62.4 Å². The van der Waals surface area contributed by atoms with E-state index in [0.717, 1.165) is 35.9 Å². The lowest BCUT2D eigenvalue weighted by atomic mass is 10.1. The molecule has 0 fully saturated rings. The molecule has 2 aromatic rings. The van der Waals surface area contributed by atoms with Gasteiger partial charge in [0, 0.05) is 11.5 Å². The summed E-state index contributed by atoms with van der Waals surface area (Å²) in [7, 11) is 0. The third kappa shape index (κ3) is 12.2. The van der Waals surface area contributed by atoms with Gasteiger partial charge >= 0.3 is 11.9 Å². The van der Waals surface area contributed by atoms with Crippen LogP contribution in [0.4, 0.5) is 0 Å². The minimum absolute atomic E-state index is 0.124. The van der Waals surface area contributed by atoms with Gasteiger partial charge < -0.3 is 9.47 Å². The molecule has 4 nitrogen and oxygen atoms in total. The number of aryl methyl sites for hydroxylation is 4. The molecule has 0 heterocycles. The molecule has 174 valence electrons. The number of carbonyl (C=O) groups is 2. The first-order valence-electron chi connectivity index (χ1n) is 11.1. The molecule has 0 spiro atoms. The fourth-order valence-corrected chi connectivity index (χ4v) is 4.65. The zero-order valence-corrected chi connectivity index (χ0v) is 20.8. The molecule has 0 saturated heterocycles. The summed E-state index contributed by atoms with van der Waals surface area (Å²) in [5, 5.41) is 0. The molecule has 0 bridgehead atoms. The second-order valence-electron chi connectivity index (χ2n) is 7.64. The zero-order chi connectivity index (χ0) is 23.0. The highest BCUT2D eigenvalue weighted by molar-refractivity contribution is 7.99. The van der Waals surface area contributed by atoms with E-state index in [0.29, 0.717) is 12.8 Å². The molecular formula is C26H34O4S2. The summed E-state index contributed by atoms with van der Waals surface area (Å²) in [5.74, 6) is 2.97. The molecule has 0 aliphatic carbocycles. The molecule has 0 radical (unpaired) electrons. The number of thioether (sulfide) groups is 2. The van der Waals surface area contributed by atoms with Crippen LogP contribution in [0.15, 0.2) is 48.5 Å². The molecule has 32 heavy (non-hydrogen) atoms. The van der Waals surface area contributed by atoms with Crippen LogP contribution in [-0.4, -0.2) is 48.2 Å². The molecule has 0 unspecified atom stereocenters. The number of hydrogen-bond acceptors (Lipinski definition) is 6. The summed E-state index contributed by atoms with van der Waals surface area (Å²) in [6, 6.07) is 17.1.